The van der Waals surface area contributed by atoms with E-state index in [9.17, 15) is 9.90 Å². The second-order valence-electron chi connectivity index (χ2n) is 4.34. The second kappa shape index (κ2) is 5.19. The first-order chi connectivity index (χ1) is 9.01. The highest BCUT2D eigenvalue weighted by Crippen LogP contribution is 2.33. The topological polar surface area (TPSA) is 68.1 Å². The highest BCUT2D eigenvalue weighted by Gasteiger charge is 2.52. The van der Waals surface area contributed by atoms with Crippen molar-refractivity contribution in [3.05, 3.63) is 34.9 Å². The van der Waals surface area contributed by atoms with Gasteiger partial charge in [-0.1, -0.05) is 35.0 Å². The van der Waals surface area contributed by atoms with Gasteiger partial charge < -0.3 is 14.7 Å². The molecule has 1 aromatic carbocycles. The number of aliphatic hydroxyl groups excluding tert-OH is 1. The van der Waals surface area contributed by atoms with Crippen LogP contribution in [-0.2, 0) is 14.4 Å². The zero-order valence-electron chi connectivity index (χ0n) is 10.6. The number of hydrogen-bond donors (Lipinski definition) is 1. The van der Waals surface area contributed by atoms with Crippen LogP contribution < -0.4 is 0 Å². The average Bonchev–Trinajstić information content (AvgIpc) is 2.84. The largest absolute Gasteiger partial charge is 0.466 e. The standard InChI is InChI=1S/C13H14ClNO4/c1-8(16)13(12(17)18-2)7-11(15-19-13)9-5-3-4-6-10(9)14/h3-6,8,16H,7H2,1-2H3. The van der Waals surface area contributed by atoms with E-state index in [0.717, 1.165) is 0 Å². The molecule has 1 aromatic rings. The molecular formula is C13H14ClNO4. The fourth-order valence-electron chi connectivity index (χ4n) is 1.97. The number of nitrogens with zero attached hydrogens (tertiary/aromatic N) is 1. The Morgan fingerprint density at radius 3 is 2.84 bits per heavy atom. The van der Waals surface area contributed by atoms with Crippen molar-refractivity contribution in [3.8, 4) is 0 Å². The third-order valence-corrected chi connectivity index (χ3v) is 3.47. The van der Waals surface area contributed by atoms with Gasteiger partial charge in [-0.3, -0.25) is 0 Å². The van der Waals surface area contributed by atoms with Crippen molar-refractivity contribution in [1.82, 2.24) is 0 Å². The van der Waals surface area contributed by atoms with E-state index in [4.69, 9.17) is 16.4 Å². The molecular weight excluding hydrogens is 270 g/mol. The van der Waals surface area contributed by atoms with Crippen LogP contribution in [0.4, 0.5) is 0 Å². The van der Waals surface area contributed by atoms with Gasteiger partial charge in [0.15, 0.2) is 0 Å². The van der Waals surface area contributed by atoms with Crippen LogP contribution in [-0.4, -0.2) is 35.6 Å². The molecule has 1 heterocycles. The Bertz CT molecular complexity index is 529. The monoisotopic (exact) mass is 283 g/mol. The molecule has 102 valence electrons. The Kier molecular flexibility index (Phi) is 3.78. The van der Waals surface area contributed by atoms with E-state index in [1.54, 1.807) is 18.2 Å². The fourth-order valence-corrected chi connectivity index (χ4v) is 2.21. The van der Waals surface area contributed by atoms with E-state index in [0.29, 0.717) is 16.3 Å². The van der Waals surface area contributed by atoms with Crippen LogP contribution in [0.2, 0.25) is 5.02 Å². The van der Waals surface area contributed by atoms with Crippen molar-refractivity contribution in [2.24, 2.45) is 5.16 Å². The maximum absolute atomic E-state index is 11.8. The molecule has 0 aliphatic carbocycles. The summed E-state index contributed by atoms with van der Waals surface area (Å²) in [4.78, 5) is 17.0. The van der Waals surface area contributed by atoms with E-state index in [1.807, 2.05) is 6.07 Å². The Morgan fingerprint density at radius 1 is 1.58 bits per heavy atom. The van der Waals surface area contributed by atoms with Crippen molar-refractivity contribution in [2.45, 2.75) is 25.0 Å². The molecule has 0 fully saturated rings. The molecule has 0 saturated heterocycles. The van der Waals surface area contributed by atoms with E-state index >= 15 is 0 Å². The molecule has 1 N–H and O–H groups in total. The molecule has 0 bridgehead atoms. The molecule has 0 amide bonds. The number of methoxy groups -OCH3 is 1. The summed E-state index contributed by atoms with van der Waals surface area (Å²) >= 11 is 6.08. The molecule has 19 heavy (non-hydrogen) atoms. The number of rotatable bonds is 3. The summed E-state index contributed by atoms with van der Waals surface area (Å²) in [6.07, 6.45) is -0.940. The van der Waals surface area contributed by atoms with Gasteiger partial charge in [-0.05, 0) is 13.0 Å². The zero-order valence-corrected chi connectivity index (χ0v) is 11.3. The zero-order chi connectivity index (χ0) is 14.0. The molecule has 5 nitrogen and oxygen atoms in total. The summed E-state index contributed by atoms with van der Waals surface area (Å²) in [6.45, 7) is 1.46. The van der Waals surface area contributed by atoms with Gasteiger partial charge >= 0.3 is 5.97 Å². The summed E-state index contributed by atoms with van der Waals surface area (Å²) in [5.41, 5.74) is -0.309. The number of esters is 1. The fraction of sp³-hybridized carbons (Fsp3) is 0.385. The van der Waals surface area contributed by atoms with E-state index in [1.165, 1.54) is 14.0 Å². The molecule has 1 aliphatic rings. The van der Waals surface area contributed by atoms with Gasteiger partial charge in [0.2, 0.25) is 0 Å². The summed E-state index contributed by atoms with van der Waals surface area (Å²) in [5, 5.41) is 14.2. The lowest BCUT2D eigenvalue weighted by atomic mass is 9.90. The van der Waals surface area contributed by atoms with Crippen LogP contribution in [0.3, 0.4) is 0 Å². The number of carbonyl (C=O) groups is 1. The van der Waals surface area contributed by atoms with Crippen LogP contribution in [0.25, 0.3) is 0 Å². The summed E-state index contributed by atoms with van der Waals surface area (Å²) in [6, 6.07) is 7.11. The maximum Gasteiger partial charge on any atom is 0.356 e. The molecule has 1 aliphatic heterocycles. The van der Waals surface area contributed by atoms with Crippen LogP contribution in [0.1, 0.15) is 18.9 Å². The van der Waals surface area contributed by atoms with Crippen LogP contribution in [0.5, 0.6) is 0 Å². The Labute approximate surface area is 115 Å². The lowest BCUT2D eigenvalue weighted by molar-refractivity contribution is -0.179. The normalized spacial score (nSPS) is 23.5. The number of oxime groups is 1. The first-order valence-corrected chi connectivity index (χ1v) is 6.15. The number of benzene rings is 1. The van der Waals surface area contributed by atoms with E-state index < -0.39 is 17.7 Å². The summed E-state index contributed by atoms with van der Waals surface area (Å²) in [7, 11) is 1.24. The lowest BCUT2D eigenvalue weighted by Gasteiger charge is -2.26. The molecule has 0 aromatic heterocycles. The Balaban J connectivity index is 2.31. The summed E-state index contributed by atoms with van der Waals surface area (Å²) in [5.74, 6) is -0.659. The third-order valence-electron chi connectivity index (χ3n) is 3.14. The Morgan fingerprint density at radius 2 is 2.26 bits per heavy atom. The highest BCUT2D eigenvalue weighted by atomic mass is 35.5. The minimum Gasteiger partial charge on any atom is -0.466 e. The maximum atomic E-state index is 11.8. The van der Waals surface area contributed by atoms with Gasteiger partial charge in [0.1, 0.15) is 6.10 Å². The van der Waals surface area contributed by atoms with Crippen molar-refractivity contribution in [2.75, 3.05) is 7.11 Å². The molecule has 2 atom stereocenters. The molecule has 2 unspecified atom stereocenters. The number of ether oxygens (including phenoxy) is 1. The smallest absolute Gasteiger partial charge is 0.356 e. The molecule has 0 spiro atoms. The molecule has 2 rings (SSSR count). The second-order valence-corrected chi connectivity index (χ2v) is 4.75. The van der Waals surface area contributed by atoms with Gasteiger partial charge in [-0.15, -0.1) is 0 Å². The molecule has 6 heteroatoms. The molecule has 0 radical (unpaired) electrons. The Hall–Kier alpha value is -1.59. The molecule has 0 saturated carbocycles. The third kappa shape index (κ3) is 2.31. The van der Waals surface area contributed by atoms with Gasteiger partial charge in [0.25, 0.3) is 5.60 Å². The van der Waals surface area contributed by atoms with Gasteiger partial charge in [0.05, 0.1) is 19.2 Å². The number of hydrogen-bond acceptors (Lipinski definition) is 5. The first kappa shape index (κ1) is 13.8. The quantitative estimate of drug-likeness (QED) is 0.858. The van der Waals surface area contributed by atoms with E-state index in [-0.39, 0.29) is 6.42 Å². The van der Waals surface area contributed by atoms with Crippen molar-refractivity contribution >= 4 is 23.3 Å². The number of aliphatic hydroxyl groups is 1. The van der Waals surface area contributed by atoms with Crippen molar-refractivity contribution in [3.63, 3.8) is 0 Å². The predicted octanol–water partition coefficient (Wildman–Crippen LogP) is 1.76. The average molecular weight is 284 g/mol. The first-order valence-electron chi connectivity index (χ1n) is 5.77. The highest BCUT2D eigenvalue weighted by molar-refractivity contribution is 6.34. The SMILES string of the molecule is COC(=O)C1(C(C)O)CC(c2ccccc2Cl)=NO1. The summed E-state index contributed by atoms with van der Waals surface area (Å²) < 4.78 is 4.68. The van der Waals surface area contributed by atoms with Crippen LogP contribution >= 0.6 is 11.6 Å². The van der Waals surface area contributed by atoms with Gasteiger partial charge in [-0.25, -0.2) is 4.79 Å². The minimum absolute atomic E-state index is 0.112. The van der Waals surface area contributed by atoms with Crippen molar-refractivity contribution < 1.29 is 19.5 Å². The van der Waals surface area contributed by atoms with Crippen LogP contribution in [0.15, 0.2) is 29.4 Å². The van der Waals surface area contributed by atoms with Gasteiger partial charge in [0, 0.05) is 10.6 Å². The van der Waals surface area contributed by atoms with Crippen LogP contribution in [0, 0.1) is 0 Å². The van der Waals surface area contributed by atoms with E-state index in [2.05, 4.69) is 9.89 Å². The number of carbonyl (C=O) groups excluding carboxylic acids is 1. The van der Waals surface area contributed by atoms with Crippen molar-refractivity contribution in [1.29, 1.82) is 0 Å². The predicted molar refractivity (Wildman–Crippen MR) is 70.1 cm³/mol. The lowest BCUT2D eigenvalue weighted by Crippen LogP contribution is -2.49. The minimum atomic E-state index is -1.50. The number of halogens is 1. The van der Waals surface area contributed by atoms with Gasteiger partial charge in [-0.2, -0.15) is 0 Å².